The first-order valence-electron chi connectivity index (χ1n) is 4.60. The van der Waals surface area contributed by atoms with E-state index >= 15 is 0 Å². The number of amides is 1. The second-order valence-electron chi connectivity index (χ2n) is 2.92. The molecule has 0 heterocycles. The molecule has 0 rings (SSSR count). The molecule has 0 saturated heterocycles. The van der Waals surface area contributed by atoms with Crippen molar-refractivity contribution in [3.8, 4) is 0 Å². The Bertz CT molecular complexity index is 236. The number of ketones is 1. The van der Waals surface area contributed by atoms with Gasteiger partial charge >= 0.3 is 0 Å². The summed E-state index contributed by atoms with van der Waals surface area (Å²) in [5, 5.41) is 9.41. The van der Waals surface area contributed by atoms with Gasteiger partial charge in [-0.15, -0.1) is 6.58 Å². The Hall–Kier alpha value is -1.45. The maximum Gasteiger partial charge on any atom is 0.288 e. The van der Waals surface area contributed by atoms with Crippen LogP contribution >= 0.6 is 0 Å². The van der Waals surface area contributed by atoms with Crippen LogP contribution in [0.3, 0.4) is 0 Å². The molecule has 0 spiro atoms. The first-order valence-corrected chi connectivity index (χ1v) is 4.60. The van der Waals surface area contributed by atoms with Crippen LogP contribution in [0.4, 0.5) is 0 Å². The fourth-order valence-electron chi connectivity index (χ4n) is 1.02. The zero-order valence-electron chi connectivity index (χ0n) is 8.38. The lowest BCUT2D eigenvalue weighted by Gasteiger charge is -2.07. The second kappa shape index (κ2) is 7.00. The van der Waals surface area contributed by atoms with Crippen molar-refractivity contribution in [3.63, 3.8) is 0 Å². The topological polar surface area (TPSA) is 70.0 Å². The second-order valence-corrected chi connectivity index (χ2v) is 2.92. The molecule has 0 aromatic heterocycles. The van der Waals surface area contributed by atoms with E-state index in [2.05, 4.69) is 11.9 Å². The third kappa shape index (κ3) is 3.98. The number of carbonyl (C=O) groups is 2. The summed E-state index contributed by atoms with van der Waals surface area (Å²) < 4.78 is 0. The SMILES string of the molecule is C=CCNC(=O)C(=O)C(C=N)CCC. The predicted molar refractivity (Wildman–Crippen MR) is 55.4 cm³/mol. The minimum absolute atomic E-state index is 0.279. The monoisotopic (exact) mass is 196 g/mol. The lowest BCUT2D eigenvalue weighted by molar-refractivity contribution is -0.139. The molecule has 0 aliphatic carbocycles. The first-order chi connectivity index (χ1) is 6.67. The summed E-state index contributed by atoms with van der Waals surface area (Å²) in [6.45, 7) is 5.61. The number of carbonyl (C=O) groups excluding carboxylic acids is 2. The van der Waals surface area contributed by atoms with Crippen molar-refractivity contribution in [3.05, 3.63) is 12.7 Å². The summed E-state index contributed by atoms with van der Waals surface area (Å²) in [5.41, 5.74) is 0. The predicted octanol–water partition coefficient (Wildman–Crippen LogP) is 0.924. The van der Waals surface area contributed by atoms with Crippen LogP contribution in [0, 0.1) is 11.3 Å². The van der Waals surface area contributed by atoms with E-state index in [1.54, 1.807) is 0 Å². The van der Waals surface area contributed by atoms with Gasteiger partial charge in [0.25, 0.3) is 5.91 Å². The van der Waals surface area contributed by atoms with Crippen molar-refractivity contribution in [2.75, 3.05) is 6.54 Å². The fraction of sp³-hybridized carbons (Fsp3) is 0.500. The highest BCUT2D eigenvalue weighted by atomic mass is 16.2. The summed E-state index contributed by atoms with van der Waals surface area (Å²) in [6.07, 6.45) is 3.86. The van der Waals surface area contributed by atoms with Gasteiger partial charge in [-0.05, 0) is 6.42 Å². The molecule has 4 nitrogen and oxygen atoms in total. The smallest absolute Gasteiger partial charge is 0.288 e. The minimum atomic E-state index is -0.633. The third-order valence-corrected chi connectivity index (χ3v) is 1.77. The molecular formula is C10H16N2O2. The van der Waals surface area contributed by atoms with Crippen molar-refractivity contribution < 1.29 is 9.59 Å². The average molecular weight is 196 g/mol. The molecule has 0 aliphatic heterocycles. The Morgan fingerprint density at radius 2 is 2.21 bits per heavy atom. The van der Waals surface area contributed by atoms with Crippen LogP contribution in [0.1, 0.15) is 19.8 Å². The molecule has 0 bridgehead atoms. The zero-order valence-corrected chi connectivity index (χ0v) is 8.38. The number of nitrogens with one attached hydrogen (secondary N) is 2. The molecule has 0 aromatic rings. The van der Waals surface area contributed by atoms with E-state index in [-0.39, 0.29) is 6.54 Å². The van der Waals surface area contributed by atoms with Gasteiger partial charge in [-0.1, -0.05) is 19.4 Å². The van der Waals surface area contributed by atoms with Gasteiger partial charge in [0.05, 0.1) is 5.92 Å². The average Bonchev–Trinajstić information content (AvgIpc) is 2.21. The first kappa shape index (κ1) is 12.6. The van der Waals surface area contributed by atoms with Gasteiger partial charge < -0.3 is 10.7 Å². The van der Waals surface area contributed by atoms with Crippen LogP contribution in [-0.2, 0) is 9.59 Å². The highest BCUT2D eigenvalue weighted by Gasteiger charge is 2.21. The maximum absolute atomic E-state index is 11.4. The summed E-state index contributed by atoms with van der Waals surface area (Å²) in [4.78, 5) is 22.5. The quantitative estimate of drug-likeness (QED) is 0.361. The summed E-state index contributed by atoms with van der Waals surface area (Å²) in [6, 6.07) is 0. The molecule has 4 heteroatoms. The normalized spacial score (nSPS) is 11.5. The zero-order chi connectivity index (χ0) is 11.0. The van der Waals surface area contributed by atoms with Gasteiger partial charge in [0.15, 0.2) is 0 Å². The molecule has 0 radical (unpaired) electrons. The summed E-state index contributed by atoms with van der Waals surface area (Å²) >= 11 is 0. The van der Waals surface area contributed by atoms with E-state index in [0.717, 1.165) is 12.6 Å². The molecule has 1 unspecified atom stereocenters. The van der Waals surface area contributed by atoms with Crippen LogP contribution < -0.4 is 5.32 Å². The fourth-order valence-corrected chi connectivity index (χ4v) is 1.02. The van der Waals surface area contributed by atoms with Gasteiger partial charge in [-0.3, -0.25) is 9.59 Å². The van der Waals surface area contributed by atoms with Gasteiger partial charge in [0.1, 0.15) is 0 Å². The Morgan fingerprint density at radius 1 is 1.57 bits per heavy atom. The largest absolute Gasteiger partial charge is 0.346 e. The van der Waals surface area contributed by atoms with Crippen molar-refractivity contribution in [2.45, 2.75) is 19.8 Å². The minimum Gasteiger partial charge on any atom is -0.346 e. The molecule has 1 amide bonds. The third-order valence-electron chi connectivity index (χ3n) is 1.77. The van der Waals surface area contributed by atoms with Gasteiger partial charge in [0, 0.05) is 12.8 Å². The standard InChI is InChI=1S/C10H16N2O2/c1-3-5-8(7-11)9(13)10(14)12-6-4-2/h4,7-8,11H,2-3,5-6H2,1H3,(H,12,14). The Morgan fingerprint density at radius 3 is 2.64 bits per heavy atom. The molecule has 0 aromatic carbocycles. The van der Waals surface area contributed by atoms with Crippen LogP contribution in [0.25, 0.3) is 0 Å². The van der Waals surface area contributed by atoms with E-state index in [4.69, 9.17) is 5.41 Å². The van der Waals surface area contributed by atoms with E-state index in [1.807, 2.05) is 6.92 Å². The Balaban J connectivity index is 4.19. The number of hydrogen-bond acceptors (Lipinski definition) is 3. The van der Waals surface area contributed by atoms with Crippen LogP contribution in [0.5, 0.6) is 0 Å². The molecular weight excluding hydrogens is 180 g/mol. The highest BCUT2D eigenvalue weighted by molar-refractivity contribution is 6.39. The number of Topliss-reactive ketones (excluding diaryl/α,β-unsaturated/α-hetero) is 1. The van der Waals surface area contributed by atoms with Crippen LogP contribution in [-0.4, -0.2) is 24.4 Å². The van der Waals surface area contributed by atoms with Crippen molar-refractivity contribution in [1.29, 1.82) is 5.41 Å². The molecule has 78 valence electrons. The number of hydrogen-bond donors (Lipinski definition) is 2. The van der Waals surface area contributed by atoms with Gasteiger partial charge in [-0.25, -0.2) is 0 Å². The van der Waals surface area contributed by atoms with Crippen molar-refractivity contribution in [2.24, 2.45) is 5.92 Å². The Labute approximate surface area is 83.9 Å². The van der Waals surface area contributed by atoms with E-state index in [0.29, 0.717) is 6.42 Å². The molecule has 14 heavy (non-hydrogen) atoms. The summed E-state index contributed by atoms with van der Waals surface area (Å²) in [7, 11) is 0. The van der Waals surface area contributed by atoms with Gasteiger partial charge in [0.2, 0.25) is 5.78 Å². The number of rotatable bonds is 7. The lowest BCUT2D eigenvalue weighted by Crippen LogP contribution is -2.35. The molecule has 0 saturated carbocycles. The van der Waals surface area contributed by atoms with Crippen molar-refractivity contribution >= 4 is 17.9 Å². The molecule has 0 aliphatic rings. The van der Waals surface area contributed by atoms with E-state index in [1.165, 1.54) is 6.08 Å². The molecule has 1 atom stereocenters. The Kier molecular flexibility index (Phi) is 6.28. The van der Waals surface area contributed by atoms with E-state index < -0.39 is 17.6 Å². The maximum atomic E-state index is 11.4. The van der Waals surface area contributed by atoms with Gasteiger partial charge in [-0.2, -0.15) is 0 Å². The molecule has 0 fully saturated rings. The van der Waals surface area contributed by atoms with Crippen molar-refractivity contribution in [1.82, 2.24) is 5.32 Å². The lowest BCUT2D eigenvalue weighted by atomic mass is 9.99. The highest BCUT2D eigenvalue weighted by Crippen LogP contribution is 2.04. The van der Waals surface area contributed by atoms with E-state index in [9.17, 15) is 9.59 Å². The van der Waals surface area contributed by atoms with Crippen LogP contribution in [0.15, 0.2) is 12.7 Å². The van der Waals surface area contributed by atoms with Crippen LogP contribution in [0.2, 0.25) is 0 Å². The molecule has 2 N–H and O–H groups in total. The summed E-state index contributed by atoms with van der Waals surface area (Å²) in [5.74, 6) is -1.75.